The van der Waals surface area contributed by atoms with Crippen molar-refractivity contribution in [1.29, 1.82) is 0 Å². The van der Waals surface area contributed by atoms with E-state index >= 15 is 0 Å². The van der Waals surface area contributed by atoms with Crippen molar-refractivity contribution in [2.75, 3.05) is 11.4 Å². The van der Waals surface area contributed by atoms with Crippen LogP contribution in [-0.2, 0) is 0 Å². The van der Waals surface area contributed by atoms with Crippen LogP contribution in [0, 0.1) is 0 Å². The van der Waals surface area contributed by atoms with Gasteiger partial charge in [-0.05, 0) is 25.0 Å². The molecule has 1 saturated carbocycles. The average molecular weight is 278 g/mol. The zero-order valence-electron chi connectivity index (χ0n) is 11.1. The molecule has 1 aromatic rings. The van der Waals surface area contributed by atoms with Crippen molar-refractivity contribution in [1.82, 2.24) is 0 Å². The number of hydrogen-bond acceptors (Lipinski definition) is 3. The van der Waals surface area contributed by atoms with Gasteiger partial charge in [0, 0.05) is 0 Å². The number of benzene rings is 1. The second-order valence-electron chi connectivity index (χ2n) is 5.60. The first-order chi connectivity index (χ1) is 9.23. The van der Waals surface area contributed by atoms with E-state index in [1.165, 1.54) is 25.7 Å². The first kappa shape index (κ1) is 12.8. The van der Waals surface area contributed by atoms with Crippen molar-refractivity contribution < 1.29 is 0 Å². The summed E-state index contributed by atoms with van der Waals surface area (Å²) in [7, 11) is 0. The second kappa shape index (κ2) is 5.04. The monoisotopic (exact) mass is 277 g/mol. The van der Waals surface area contributed by atoms with Crippen molar-refractivity contribution in [3.63, 3.8) is 0 Å². The minimum absolute atomic E-state index is 0.0611. The number of nitrogens with two attached hydrogens (primary N) is 1. The predicted octanol–water partition coefficient (Wildman–Crippen LogP) is 3.57. The molecule has 0 aromatic heterocycles. The fraction of sp³-hybridized carbons (Fsp3) is 0.533. The van der Waals surface area contributed by atoms with Crippen LogP contribution < -0.4 is 10.6 Å². The molecule has 4 heteroatoms. The molecule has 1 aliphatic carbocycles. The Kier molecular flexibility index (Phi) is 3.40. The SMILES string of the molecule is NC1=NCC2(CCCCCC2)N1c1ccccc1Cl. The van der Waals surface area contributed by atoms with E-state index in [0.717, 1.165) is 30.1 Å². The number of guanidine groups is 1. The lowest BCUT2D eigenvalue weighted by Gasteiger charge is -2.39. The maximum Gasteiger partial charge on any atom is 0.196 e. The van der Waals surface area contributed by atoms with Crippen LogP contribution >= 0.6 is 11.6 Å². The van der Waals surface area contributed by atoms with Gasteiger partial charge in [0.1, 0.15) is 0 Å². The smallest absolute Gasteiger partial charge is 0.196 e. The van der Waals surface area contributed by atoms with Gasteiger partial charge in [-0.2, -0.15) is 0 Å². The number of rotatable bonds is 1. The summed E-state index contributed by atoms with van der Waals surface area (Å²) in [6.45, 7) is 0.810. The number of aliphatic imine (C=N–C) groups is 1. The largest absolute Gasteiger partial charge is 0.369 e. The number of hydrogen-bond donors (Lipinski definition) is 1. The summed E-state index contributed by atoms with van der Waals surface area (Å²) in [6.07, 6.45) is 7.45. The van der Waals surface area contributed by atoms with E-state index in [1.54, 1.807) is 0 Å². The minimum atomic E-state index is 0.0611. The molecule has 1 aromatic carbocycles. The van der Waals surface area contributed by atoms with E-state index in [0.29, 0.717) is 5.96 Å². The highest BCUT2D eigenvalue weighted by Crippen LogP contribution is 2.41. The van der Waals surface area contributed by atoms with Crippen molar-refractivity contribution in [2.45, 2.75) is 44.1 Å². The van der Waals surface area contributed by atoms with Gasteiger partial charge in [-0.25, -0.2) is 0 Å². The third-order valence-electron chi connectivity index (χ3n) is 4.37. The molecule has 1 spiro atoms. The predicted molar refractivity (Wildman–Crippen MR) is 80.9 cm³/mol. The van der Waals surface area contributed by atoms with E-state index in [2.05, 4.69) is 9.89 Å². The van der Waals surface area contributed by atoms with Crippen molar-refractivity contribution >= 4 is 23.2 Å². The van der Waals surface area contributed by atoms with Gasteiger partial charge in [0.25, 0.3) is 0 Å². The van der Waals surface area contributed by atoms with E-state index in [1.807, 2.05) is 24.3 Å². The van der Waals surface area contributed by atoms with Gasteiger partial charge in [-0.1, -0.05) is 49.4 Å². The highest BCUT2D eigenvalue weighted by atomic mass is 35.5. The molecule has 0 atom stereocenters. The Morgan fingerprint density at radius 3 is 2.47 bits per heavy atom. The average Bonchev–Trinajstić information content (AvgIpc) is 2.60. The van der Waals surface area contributed by atoms with Crippen LogP contribution in [0.3, 0.4) is 0 Å². The van der Waals surface area contributed by atoms with Gasteiger partial charge in [0.2, 0.25) is 0 Å². The number of anilines is 1. The van der Waals surface area contributed by atoms with E-state index in [-0.39, 0.29) is 5.54 Å². The first-order valence-electron chi connectivity index (χ1n) is 7.08. The fourth-order valence-electron chi connectivity index (χ4n) is 3.39. The van der Waals surface area contributed by atoms with Gasteiger partial charge in [0.15, 0.2) is 5.96 Å². The van der Waals surface area contributed by atoms with Crippen molar-refractivity contribution in [3.05, 3.63) is 29.3 Å². The Labute approximate surface area is 119 Å². The minimum Gasteiger partial charge on any atom is -0.369 e. The van der Waals surface area contributed by atoms with Crippen LogP contribution in [0.5, 0.6) is 0 Å². The Morgan fingerprint density at radius 1 is 1.11 bits per heavy atom. The molecule has 19 heavy (non-hydrogen) atoms. The highest BCUT2D eigenvalue weighted by Gasteiger charge is 2.43. The molecule has 0 unspecified atom stereocenters. The van der Waals surface area contributed by atoms with Crippen molar-refractivity contribution in [2.24, 2.45) is 10.7 Å². The van der Waals surface area contributed by atoms with Crippen LogP contribution in [0.25, 0.3) is 0 Å². The Balaban J connectivity index is 2.00. The van der Waals surface area contributed by atoms with E-state index in [9.17, 15) is 0 Å². The van der Waals surface area contributed by atoms with Crippen LogP contribution in [0.1, 0.15) is 38.5 Å². The van der Waals surface area contributed by atoms with Gasteiger partial charge < -0.3 is 10.6 Å². The fourth-order valence-corrected chi connectivity index (χ4v) is 3.61. The molecular formula is C15H20ClN3. The molecule has 1 heterocycles. The molecule has 3 rings (SSSR count). The Morgan fingerprint density at radius 2 is 1.79 bits per heavy atom. The molecule has 102 valence electrons. The molecule has 2 N–H and O–H groups in total. The highest BCUT2D eigenvalue weighted by molar-refractivity contribution is 6.34. The topological polar surface area (TPSA) is 41.6 Å². The van der Waals surface area contributed by atoms with Gasteiger partial charge in [-0.3, -0.25) is 4.99 Å². The molecule has 1 fully saturated rings. The number of halogens is 1. The van der Waals surface area contributed by atoms with Gasteiger partial charge in [0.05, 0.1) is 22.8 Å². The summed E-state index contributed by atoms with van der Waals surface area (Å²) < 4.78 is 0. The van der Waals surface area contributed by atoms with Crippen LogP contribution in [-0.4, -0.2) is 18.0 Å². The first-order valence-corrected chi connectivity index (χ1v) is 7.45. The second-order valence-corrected chi connectivity index (χ2v) is 6.01. The number of nitrogens with zero attached hydrogens (tertiary/aromatic N) is 2. The number of para-hydroxylation sites is 1. The van der Waals surface area contributed by atoms with Gasteiger partial charge in [-0.15, -0.1) is 0 Å². The summed E-state index contributed by atoms with van der Waals surface area (Å²) in [5.74, 6) is 0.620. The third-order valence-corrected chi connectivity index (χ3v) is 4.69. The zero-order chi connectivity index (χ0) is 13.3. The molecule has 0 amide bonds. The summed E-state index contributed by atoms with van der Waals surface area (Å²) in [5.41, 5.74) is 7.22. The molecule has 1 aliphatic heterocycles. The lowest BCUT2D eigenvalue weighted by Crippen LogP contribution is -2.51. The maximum atomic E-state index is 6.36. The Bertz CT molecular complexity index is 490. The van der Waals surface area contributed by atoms with Crippen molar-refractivity contribution in [3.8, 4) is 0 Å². The standard InChI is InChI=1S/C15H20ClN3/c16-12-7-3-4-8-13(12)19-14(17)18-11-15(19)9-5-1-2-6-10-15/h3-4,7-8H,1-2,5-6,9-11H2,(H2,17,18). The van der Waals surface area contributed by atoms with Crippen LogP contribution in [0.4, 0.5) is 5.69 Å². The summed E-state index contributed by atoms with van der Waals surface area (Å²) in [6, 6.07) is 7.93. The lowest BCUT2D eigenvalue weighted by atomic mass is 9.89. The summed E-state index contributed by atoms with van der Waals surface area (Å²) in [5, 5.41) is 0.756. The van der Waals surface area contributed by atoms with E-state index < -0.39 is 0 Å². The van der Waals surface area contributed by atoms with Gasteiger partial charge >= 0.3 is 0 Å². The third kappa shape index (κ3) is 2.20. The normalized spacial score (nSPS) is 22.4. The molecule has 2 aliphatic rings. The summed E-state index contributed by atoms with van der Waals surface area (Å²) in [4.78, 5) is 6.71. The lowest BCUT2D eigenvalue weighted by molar-refractivity contribution is 0.400. The molecule has 0 saturated heterocycles. The van der Waals surface area contributed by atoms with Crippen LogP contribution in [0.15, 0.2) is 29.3 Å². The maximum absolute atomic E-state index is 6.36. The van der Waals surface area contributed by atoms with E-state index in [4.69, 9.17) is 17.3 Å². The zero-order valence-corrected chi connectivity index (χ0v) is 11.9. The van der Waals surface area contributed by atoms with Crippen LogP contribution in [0.2, 0.25) is 5.02 Å². The molecule has 0 bridgehead atoms. The summed E-state index contributed by atoms with van der Waals surface area (Å²) >= 11 is 6.36. The molecule has 3 nitrogen and oxygen atoms in total. The Hall–Kier alpha value is -1.22. The molecular weight excluding hydrogens is 258 g/mol. The molecule has 0 radical (unpaired) electrons. The quantitative estimate of drug-likeness (QED) is 0.853.